The zero-order valence-electron chi connectivity index (χ0n) is 22.5. The van der Waals surface area contributed by atoms with E-state index < -0.39 is 20.5 Å². The molecule has 2 amide bonds. The summed E-state index contributed by atoms with van der Waals surface area (Å²) in [5.74, 6) is 2.90. The second kappa shape index (κ2) is 10.7. The fraction of sp³-hybridized carbons (Fsp3) is 0.724. The van der Waals surface area contributed by atoms with Crippen molar-refractivity contribution in [1.29, 1.82) is 0 Å². The van der Waals surface area contributed by atoms with Gasteiger partial charge < -0.3 is 15.0 Å². The van der Waals surface area contributed by atoms with E-state index >= 15 is 0 Å². The van der Waals surface area contributed by atoms with Gasteiger partial charge in [-0.2, -0.15) is 0 Å². The van der Waals surface area contributed by atoms with Gasteiger partial charge in [0.15, 0.2) is 14.6 Å². The maximum absolute atomic E-state index is 13.6. The number of nitrogens with zero attached hydrogens (tertiary/aromatic N) is 1. The number of likely N-dealkylation sites (tertiary alicyclic amines) is 1. The maximum Gasteiger partial charge on any atom is 0.265 e. The number of rotatable bonds is 10. The predicted octanol–water partition coefficient (Wildman–Crippen LogP) is 2.92. The van der Waals surface area contributed by atoms with E-state index in [-0.39, 0.29) is 29.6 Å². The topological polar surface area (TPSA) is 125 Å². The van der Waals surface area contributed by atoms with Crippen molar-refractivity contribution in [1.82, 2.24) is 15.7 Å². The SMILES string of the molecule is O=C(NCCCOc1ccc(S(=O)(=O)C2(C(=O)NO)CCN(C3CC3)CC2)cc1)C1C2CC3CC(C2)CC1C3. The number of hydrogen-bond donors (Lipinski definition) is 3. The predicted molar refractivity (Wildman–Crippen MR) is 144 cm³/mol. The van der Waals surface area contributed by atoms with E-state index in [1.165, 1.54) is 44.2 Å². The Bertz CT molecular complexity index is 1150. The van der Waals surface area contributed by atoms with Crippen LogP contribution in [0.1, 0.15) is 64.2 Å². The summed E-state index contributed by atoms with van der Waals surface area (Å²) < 4.78 is 31.4. The Morgan fingerprint density at radius 1 is 0.974 bits per heavy atom. The average Bonchev–Trinajstić information content (AvgIpc) is 3.78. The molecule has 39 heavy (non-hydrogen) atoms. The summed E-state index contributed by atoms with van der Waals surface area (Å²) in [4.78, 5) is 27.9. The van der Waals surface area contributed by atoms with Gasteiger partial charge in [-0.15, -0.1) is 0 Å². The lowest BCUT2D eigenvalue weighted by molar-refractivity contribution is -0.138. The molecular formula is C29H41N3O6S. The molecule has 1 saturated heterocycles. The second-order valence-electron chi connectivity index (χ2n) is 12.6. The third-order valence-electron chi connectivity index (χ3n) is 10.3. The van der Waals surface area contributed by atoms with Crippen molar-refractivity contribution in [2.45, 2.75) is 79.9 Å². The molecule has 3 N–H and O–H groups in total. The van der Waals surface area contributed by atoms with Gasteiger partial charge in [0.05, 0.1) is 11.5 Å². The lowest BCUT2D eigenvalue weighted by atomic mass is 9.51. The molecular weight excluding hydrogens is 518 g/mol. The Morgan fingerprint density at radius 2 is 1.59 bits per heavy atom. The minimum atomic E-state index is -4.04. The molecule has 0 aromatic heterocycles. The highest BCUT2D eigenvalue weighted by Gasteiger charge is 2.54. The molecule has 5 aliphatic carbocycles. The molecule has 5 saturated carbocycles. The lowest BCUT2D eigenvalue weighted by Gasteiger charge is -2.53. The van der Waals surface area contributed by atoms with Gasteiger partial charge in [-0.1, -0.05) is 0 Å². The number of hydrogen-bond acceptors (Lipinski definition) is 7. The molecule has 1 aromatic rings. The Labute approximate surface area is 230 Å². The largest absolute Gasteiger partial charge is 0.494 e. The van der Waals surface area contributed by atoms with Crippen LogP contribution in [0.25, 0.3) is 0 Å². The minimum Gasteiger partial charge on any atom is -0.494 e. The molecule has 214 valence electrons. The van der Waals surface area contributed by atoms with Crippen LogP contribution in [-0.2, 0) is 19.4 Å². The zero-order chi connectivity index (χ0) is 27.2. The van der Waals surface area contributed by atoms with Crippen molar-refractivity contribution in [3.63, 3.8) is 0 Å². The van der Waals surface area contributed by atoms with Crippen LogP contribution < -0.4 is 15.5 Å². The first kappa shape index (κ1) is 27.0. The third kappa shape index (κ3) is 5.08. The summed E-state index contributed by atoms with van der Waals surface area (Å²) in [6, 6.07) is 6.63. The number of carbonyl (C=O) groups excluding carboxylic acids is 2. The van der Waals surface area contributed by atoms with E-state index in [4.69, 9.17) is 4.74 Å². The summed E-state index contributed by atoms with van der Waals surface area (Å²) in [5.41, 5.74) is 1.61. The van der Waals surface area contributed by atoms with Gasteiger partial charge in [-0.25, -0.2) is 13.9 Å². The van der Waals surface area contributed by atoms with Gasteiger partial charge in [0.2, 0.25) is 5.91 Å². The fourth-order valence-corrected chi connectivity index (χ4v) is 10.3. The van der Waals surface area contributed by atoms with Crippen molar-refractivity contribution in [3.05, 3.63) is 24.3 Å². The van der Waals surface area contributed by atoms with Crippen LogP contribution in [0.3, 0.4) is 0 Å². The highest BCUT2D eigenvalue weighted by molar-refractivity contribution is 7.93. The van der Waals surface area contributed by atoms with Crippen LogP contribution in [0.15, 0.2) is 29.2 Å². The first-order valence-electron chi connectivity index (χ1n) is 14.7. The summed E-state index contributed by atoms with van der Waals surface area (Å²) in [5, 5.41) is 12.5. The van der Waals surface area contributed by atoms with E-state index in [0.29, 0.717) is 56.3 Å². The Kier molecular flexibility index (Phi) is 7.39. The zero-order valence-corrected chi connectivity index (χ0v) is 23.3. The Balaban J connectivity index is 0.995. The second-order valence-corrected chi connectivity index (χ2v) is 14.9. The molecule has 9 nitrogen and oxygen atoms in total. The normalized spacial score (nSPS) is 31.6. The molecule has 7 rings (SSSR count). The van der Waals surface area contributed by atoms with Gasteiger partial charge in [0, 0.05) is 31.6 Å². The van der Waals surface area contributed by atoms with Crippen molar-refractivity contribution in [2.75, 3.05) is 26.2 Å². The van der Waals surface area contributed by atoms with Crippen LogP contribution in [0.4, 0.5) is 0 Å². The minimum absolute atomic E-state index is 0.0428. The third-order valence-corrected chi connectivity index (χ3v) is 12.8. The highest BCUT2D eigenvalue weighted by atomic mass is 32.2. The number of sulfone groups is 1. The molecule has 10 heteroatoms. The molecule has 0 unspecified atom stereocenters. The van der Waals surface area contributed by atoms with Crippen molar-refractivity contribution in [2.24, 2.45) is 29.6 Å². The van der Waals surface area contributed by atoms with E-state index in [2.05, 4.69) is 10.2 Å². The van der Waals surface area contributed by atoms with Gasteiger partial charge in [-0.05, 0) is 112 Å². The smallest absolute Gasteiger partial charge is 0.265 e. The summed E-state index contributed by atoms with van der Waals surface area (Å²) >= 11 is 0. The van der Waals surface area contributed by atoms with Gasteiger partial charge in [0.25, 0.3) is 5.91 Å². The van der Waals surface area contributed by atoms with Crippen LogP contribution in [0, 0.1) is 29.6 Å². The molecule has 6 fully saturated rings. The van der Waals surface area contributed by atoms with Gasteiger partial charge >= 0.3 is 0 Å². The molecule has 1 aromatic carbocycles. The van der Waals surface area contributed by atoms with E-state index in [1.54, 1.807) is 17.6 Å². The van der Waals surface area contributed by atoms with E-state index in [1.807, 2.05) is 0 Å². The van der Waals surface area contributed by atoms with Crippen LogP contribution >= 0.6 is 0 Å². The summed E-state index contributed by atoms with van der Waals surface area (Å²) in [7, 11) is -4.04. The van der Waals surface area contributed by atoms with Gasteiger partial charge in [-0.3, -0.25) is 14.8 Å². The number of piperidine rings is 1. The number of amides is 2. The number of benzene rings is 1. The molecule has 1 aliphatic heterocycles. The Hall–Kier alpha value is -2.17. The molecule has 1 heterocycles. The molecule has 6 aliphatic rings. The van der Waals surface area contributed by atoms with Crippen LogP contribution in [0.2, 0.25) is 0 Å². The van der Waals surface area contributed by atoms with Crippen LogP contribution in [0.5, 0.6) is 5.75 Å². The first-order chi connectivity index (χ1) is 18.8. The van der Waals surface area contributed by atoms with Crippen LogP contribution in [-0.4, -0.2) is 67.4 Å². The van der Waals surface area contributed by atoms with Crippen molar-refractivity contribution >= 4 is 21.7 Å². The van der Waals surface area contributed by atoms with Gasteiger partial charge in [0.1, 0.15) is 5.75 Å². The number of ether oxygens (including phenoxy) is 1. The quantitative estimate of drug-likeness (QED) is 0.229. The highest BCUT2D eigenvalue weighted by Crippen LogP contribution is 2.56. The fourth-order valence-electron chi connectivity index (χ4n) is 8.30. The molecule has 0 spiro atoms. The first-order valence-corrected chi connectivity index (χ1v) is 16.2. The standard InChI is InChI=1S/C29H41N3O6S/c33-27(26-21-15-19-14-20(17-21)18-22(26)16-19)30-10-1-13-38-24-4-6-25(7-5-24)39(36,37)29(28(34)31-35)8-11-32(12-9-29)23-2-3-23/h4-7,19-23,26,35H,1-3,8-18H2,(H,30,33)(H,31,34). The number of nitrogens with one attached hydrogen (secondary N) is 2. The molecule has 0 atom stereocenters. The Morgan fingerprint density at radius 3 is 2.15 bits per heavy atom. The van der Waals surface area contributed by atoms with E-state index in [9.17, 15) is 23.2 Å². The monoisotopic (exact) mass is 559 g/mol. The summed E-state index contributed by atoms with van der Waals surface area (Å²) in [6.45, 7) is 1.99. The average molecular weight is 560 g/mol. The molecule has 4 bridgehead atoms. The van der Waals surface area contributed by atoms with Crippen molar-refractivity contribution in [3.8, 4) is 5.75 Å². The van der Waals surface area contributed by atoms with Crippen molar-refractivity contribution < 1.29 is 28.0 Å². The maximum atomic E-state index is 13.6. The van der Waals surface area contributed by atoms with E-state index in [0.717, 1.165) is 24.7 Å². The molecule has 0 radical (unpaired) electrons. The number of hydroxylamine groups is 1. The lowest BCUT2D eigenvalue weighted by Crippen LogP contribution is -2.58. The number of carbonyl (C=O) groups is 2. The summed E-state index contributed by atoms with van der Waals surface area (Å²) in [6.07, 6.45) is 9.46.